The summed E-state index contributed by atoms with van der Waals surface area (Å²) >= 11 is 0. The van der Waals surface area contributed by atoms with Crippen LogP contribution in [0, 0.1) is 12.3 Å². The third-order valence-electron chi connectivity index (χ3n) is 3.68. The van der Waals surface area contributed by atoms with E-state index < -0.39 is 0 Å². The quantitative estimate of drug-likeness (QED) is 0.657. The maximum absolute atomic E-state index is 12.3. The smallest absolute Gasteiger partial charge is 0.246 e. The van der Waals surface area contributed by atoms with Crippen LogP contribution in [-0.2, 0) is 9.59 Å². The van der Waals surface area contributed by atoms with Crippen LogP contribution >= 0.6 is 0 Å². The van der Waals surface area contributed by atoms with Gasteiger partial charge in [0.05, 0.1) is 0 Å². The van der Waals surface area contributed by atoms with Crippen molar-refractivity contribution in [3.05, 3.63) is 0 Å². The molecular formula is C13H18N2O2. The predicted octanol–water partition coefficient (Wildman–Crippen LogP) is 0.621. The molecule has 17 heavy (non-hydrogen) atoms. The van der Waals surface area contributed by atoms with Gasteiger partial charge in [-0.15, -0.1) is 12.3 Å². The van der Waals surface area contributed by atoms with Gasteiger partial charge in [-0.05, 0) is 26.2 Å². The van der Waals surface area contributed by atoms with E-state index in [2.05, 4.69) is 5.92 Å². The molecule has 2 fully saturated rings. The van der Waals surface area contributed by atoms with Crippen molar-refractivity contribution in [3.8, 4) is 12.3 Å². The van der Waals surface area contributed by atoms with Gasteiger partial charge in [0, 0.05) is 19.5 Å². The molecule has 2 atom stereocenters. The van der Waals surface area contributed by atoms with Crippen LogP contribution in [0.3, 0.4) is 0 Å². The van der Waals surface area contributed by atoms with Crippen molar-refractivity contribution in [2.75, 3.05) is 13.1 Å². The molecule has 0 radical (unpaired) electrons. The number of nitrogens with zero attached hydrogens (tertiary/aromatic N) is 2. The summed E-state index contributed by atoms with van der Waals surface area (Å²) in [6.07, 6.45) is 8.56. The van der Waals surface area contributed by atoms with E-state index in [0.717, 1.165) is 25.8 Å². The third-order valence-corrected chi connectivity index (χ3v) is 3.68. The second-order valence-electron chi connectivity index (χ2n) is 4.70. The van der Waals surface area contributed by atoms with Crippen molar-refractivity contribution in [2.24, 2.45) is 0 Å². The highest BCUT2D eigenvalue weighted by atomic mass is 16.2. The lowest BCUT2D eigenvalue weighted by Gasteiger charge is -2.45. The lowest BCUT2D eigenvalue weighted by Crippen LogP contribution is -2.65. The largest absolute Gasteiger partial charge is 0.329 e. The summed E-state index contributed by atoms with van der Waals surface area (Å²) in [5.74, 6) is 2.68. The standard InChI is InChI=1S/C13H18N2O2/c1-3-4-8-14-10(2)12(16)15-9-6-5-7-11(15)13(14)17/h1,10-11H,4-9H2,2H3. The molecule has 0 spiro atoms. The van der Waals surface area contributed by atoms with Crippen molar-refractivity contribution in [3.63, 3.8) is 0 Å². The number of piperidine rings is 1. The Labute approximate surface area is 102 Å². The van der Waals surface area contributed by atoms with Crippen LogP contribution in [0.25, 0.3) is 0 Å². The average Bonchev–Trinajstić information content (AvgIpc) is 2.36. The maximum Gasteiger partial charge on any atom is 0.246 e. The molecule has 2 aliphatic rings. The Balaban J connectivity index is 2.17. The number of rotatable bonds is 2. The number of hydrogen-bond acceptors (Lipinski definition) is 2. The van der Waals surface area contributed by atoms with Gasteiger partial charge in [-0.25, -0.2) is 0 Å². The topological polar surface area (TPSA) is 40.6 Å². The van der Waals surface area contributed by atoms with Crippen LogP contribution < -0.4 is 0 Å². The molecule has 0 bridgehead atoms. The van der Waals surface area contributed by atoms with Gasteiger partial charge in [0.1, 0.15) is 12.1 Å². The first-order valence-corrected chi connectivity index (χ1v) is 6.21. The van der Waals surface area contributed by atoms with Gasteiger partial charge in [-0.2, -0.15) is 0 Å². The molecule has 0 saturated carbocycles. The van der Waals surface area contributed by atoms with Gasteiger partial charge in [-0.1, -0.05) is 0 Å². The number of terminal acetylenes is 1. The summed E-state index contributed by atoms with van der Waals surface area (Å²) in [7, 11) is 0. The van der Waals surface area contributed by atoms with Crippen molar-refractivity contribution in [1.29, 1.82) is 0 Å². The maximum atomic E-state index is 12.3. The van der Waals surface area contributed by atoms with E-state index in [1.807, 2.05) is 0 Å². The Bertz CT molecular complexity index is 372. The van der Waals surface area contributed by atoms with Gasteiger partial charge in [0.2, 0.25) is 11.8 Å². The van der Waals surface area contributed by atoms with Crippen LogP contribution in [0.5, 0.6) is 0 Å². The van der Waals surface area contributed by atoms with Crippen molar-refractivity contribution in [1.82, 2.24) is 9.80 Å². The third kappa shape index (κ3) is 2.02. The molecule has 4 nitrogen and oxygen atoms in total. The molecule has 2 unspecified atom stereocenters. The summed E-state index contributed by atoms with van der Waals surface area (Å²) < 4.78 is 0. The first-order valence-electron chi connectivity index (χ1n) is 6.21. The fraction of sp³-hybridized carbons (Fsp3) is 0.692. The highest BCUT2D eigenvalue weighted by Crippen LogP contribution is 2.26. The van der Waals surface area contributed by atoms with E-state index in [1.165, 1.54) is 0 Å². The molecular weight excluding hydrogens is 216 g/mol. The number of carbonyl (C=O) groups is 2. The molecule has 0 aromatic carbocycles. The number of amides is 2. The van der Waals surface area contributed by atoms with E-state index in [0.29, 0.717) is 13.0 Å². The molecule has 2 saturated heterocycles. The fourth-order valence-electron chi connectivity index (χ4n) is 2.70. The molecule has 2 heterocycles. The lowest BCUT2D eigenvalue weighted by molar-refractivity contribution is -0.162. The lowest BCUT2D eigenvalue weighted by atomic mass is 9.95. The van der Waals surface area contributed by atoms with E-state index in [-0.39, 0.29) is 23.9 Å². The van der Waals surface area contributed by atoms with E-state index in [9.17, 15) is 9.59 Å². The molecule has 0 aromatic heterocycles. The predicted molar refractivity (Wildman–Crippen MR) is 64.0 cm³/mol. The molecule has 92 valence electrons. The zero-order chi connectivity index (χ0) is 12.4. The molecule has 0 aromatic rings. The van der Waals surface area contributed by atoms with Crippen molar-refractivity contribution in [2.45, 2.75) is 44.7 Å². The number of hydrogen-bond donors (Lipinski definition) is 0. The number of fused-ring (bicyclic) bond motifs is 1. The van der Waals surface area contributed by atoms with Gasteiger partial charge in [0.15, 0.2) is 0 Å². The van der Waals surface area contributed by atoms with Gasteiger partial charge in [-0.3, -0.25) is 9.59 Å². The number of piperazine rings is 1. The monoisotopic (exact) mass is 234 g/mol. The summed E-state index contributed by atoms with van der Waals surface area (Å²) in [6, 6.07) is -0.588. The highest BCUT2D eigenvalue weighted by Gasteiger charge is 2.44. The first-order chi connectivity index (χ1) is 8.16. The summed E-state index contributed by atoms with van der Waals surface area (Å²) in [5, 5.41) is 0. The zero-order valence-corrected chi connectivity index (χ0v) is 10.2. The summed E-state index contributed by atoms with van der Waals surface area (Å²) in [4.78, 5) is 27.8. The van der Waals surface area contributed by atoms with Crippen molar-refractivity contribution < 1.29 is 9.59 Å². The van der Waals surface area contributed by atoms with Crippen molar-refractivity contribution >= 4 is 11.8 Å². The first kappa shape index (κ1) is 12.0. The van der Waals surface area contributed by atoms with Crippen LogP contribution in [0.1, 0.15) is 32.6 Å². The molecule has 2 amide bonds. The second kappa shape index (κ2) is 4.79. The minimum absolute atomic E-state index is 0.0753. The Morgan fingerprint density at radius 1 is 1.35 bits per heavy atom. The molecule has 2 aliphatic heterocycles. The van der Waals surface area contributed by atoms with Gasteiger partial charge < -0.3 is 9.80 Å². The SMILES string of the molecule is C#CCCN1C(=O)C2CCCCN2C(=O)C1C. The minimum atomic E-state index is -0.356. The Kier molecular flexibility index (Phi) is 3.37. The molecule has 4 heteroatoms. The summed E-state index contributed by atoms with van der Waals surface area (Å²) in [6.45, 7) is 3.01. The molecule has 0 N–H and O–H groups in total. The fourth-order valence-corrected chi connectivity index (χ4v) is 2.70. The minimum Gasteiger partial charge on any atom is -0.329 e. The number of carbonyl (C=O) groups excluding carboxylic acids is 2. The molecule has 2 rings (SSSR count). The Morgan fingerprint density at radius 2 is 2.12 bits per heavy atom. The van der Waals surface area contributed by atoms with Gasteiger partial charge >= 0.3 is 0 Å². The normalized spacial score (nSPS) is 28.9. The van der Waals surface area contributed by atoms with Crippen LogP contribution in [0.2, 0.25) is 0 Å². The van der Waals surface area contributed by atoms with Gasteiger partial charge in [0.25, 0.3) is 0 Å². The van der Waals surface area contributed by atoms with E-state index in [4.69, 9.17) is 6.42 Å². The average molecular weight is 234 g/mol. The molecule has 0 aliphatic carbocycles. The zero-order valence-electron chi connectivity index (χ0n) is 10.2. The Morgan fingerprint density at radius 3 is 2.82 bits per heavy atom. The van der Waals surface area contributed by atoms with Crippen LogP contribution in [-0.4, -0.2) is 46.8 Å². The summed E-state index contributed by atoms with van der Waals surface area (Å²) in [5.41, 5.74) is 0. The second-order valence-corrected chi connectivity index (χ2v) is 4.70. The van der Waals surface area contributed by atoms with Crippen LogP contribution in [0.4, 0.5) is 0 Å². The Hall–Kier alpha value is -1.50. The van der Waals surface area contributed by atoms with E-state index in [1.54, 1.807) is 16.7 Å². The van der Waals surface area contributed by atoms with Crippen LogP contribution in [0.15, 0.2) is 0 Å². The van der Waals surface area contributed by atoms with E-state index >= 15 is 0 Å². The highest BCUT2D eigenvalue weighted by molar-refractivity contribution is 5.96.